The van der Waals surface area contributed by atoms with Crippen LogP contribution in [0.2, 0.25) is 0 Å². The zero-order valence-corrected chi connectivity index (χ0v) is 14.2. The Balaban J connectivity index is 2.16. The van der Waals surface area contributed by atoms with Crippen LogP contribution in [0, 0.1) is 6.92 Å². The van der Waals surface area contributed by atoms with Crippen LogP contribution in [-0.2, 0) is 10.0 Å². The molecule has 0 aliphatic heterocycles. The highest BCUT2D eigenvalue weighted by Crippen LogP contribution is 2.27. The van der Waals surface area contributed by atoms with E-state index in [4.69, 9.17) is 10.5 Å². The van der Waals surface area contributed by atoms with Gasteiger partial charge in [0.1, 0.15) is 10.6 Å². The number of sulfonamides is 1. The smallest absolute Gasteiger partial charge is 0.244 e. The number of rotatable bonds is 5. The minimum atomic E-state index is -3.63. The zero-order chi connectivity index (χ0) is 16.2. The Morgan fingerprint density at radius 3 is 2.45 bits per heavy atom. The van der Waals surface area contributed by atoms with Crippen molar-refractivity contribution in [2.24, 2.45) is 5.73 Å². The van der Waals surface area contributed by atoms with Crippen LogP contribution in [0.4, 0.5) is 0 Å². The third-order valence-electron chi connectivity index (χ3n) is 4.32. The van der Waals surface area contributed by atoms with Gasteiger partial charge in [0.2, 0.25) is 10.0 Å². The van der Waals surface area contributed by atoms with Gasteiger partial charge in [-0.15, -0.1) is 0 Å². The molecule has 0 amide bonds. The van der Waals surface area contributed by atoms with E-state index in [2.05, 4.69) is 4.72 Å². The minimum absolute atomic E-state index is 0.173. The van der Waals surface area contributed by atoms with Crippen molar-refractivity contribution >= 4 is 10.0 Å². The van der Waals surface area contributed by atoms with Crippen LogP contribution in [0.25, 0.3) is 0 Å². The quantitative estimate of drug-likeness (QED) is 0.814. The Morgan fingerprint density at radius 1 is 1.23 bits per heavy atom. The summed E-state index contributed by atoms with van der Waals surface area (Å²) in [6.07, 6.45) is 6.20. The number of hydrogen-bond acceptors (Lipinski definition) is 4. The van der Waals surface area contributed by atoms with Crippen LogP contribution in [0.5, 0.6) is 5.75 Å². The van der Waals surface area contributed by atoms with E-state index in [-0.39, 0.29) is 11.4 Å². The average Bonchev–Trinajstić information content (AvgIpc) is 2.71. The van der Waals surface area contributed by atoms with Gasteiger partial charge in [0.25, 0.3) is 0 Å². The van der Waals surface area contributed by atoms with Crippen molar-refractivity contribution in [3.63, 3.8) is 0 Å². The van der Waals surface area contributed by atoms with E-state index in [1.165, 1.54) is 20.0 Å². The Bertz CT molecular complexity index is 606. The number of hydrogen-bond donors (Lipinski definition) is 2. The molecule has 0 aromatic heterocycles. The molecule has 0 saturated heterocycles. The fourth-order valence-corrected chi connectivity index (χ4v) is 4.31. The standard InChI is InChI=1S/C16H26N2O3S/c1-13-7-8-14(21-2)15(11-13)22(19,20)18-12-16(17)9-5-3-4-6-10-16/h7-8,11,18H,3-6,9-10,12,17H2,1-2H3. The largest absolute Gasteiger partial charge is 0.495 e. The summed E-state index contributed by atoms with van der Waals surface area (Å²) < 4.78 is 33.0. The first-order valence-electron chi connectivity index (χ1n) is 7.79. The molecule has 0 atom stereocenters. The number of ether oxygens (including phenoxy) is 1. The molecule has 0 heterocycles. The molecule has 0 spiro atoms. The molecule has 22 heavy (non-hydrogen) atoms. The topological polar surface area (TPSA) is 81.4 Å². The maximum Gasteiger partial charge on any atom is 0.244 e. The number of benzene rings is 1. The summed E-state index contributed by atoms with van der Waals surface area (Å²) in [4.78, 5) is 0.173. The van der Waals surface area contributed by atoms with Crippen molar-refractivity contribution in [3.05, 3.63) is 23.8 Å². The molecule has 2 rings (SSSR count). The van der Waals surface area contributed by atoms with E-state index in [1.807, 2.05) is 13.0 Å². The van der Waals surface area contributed by atoms with Gasteiger partial charge in [-0.05, 0) is 37.5 Å². The van der Waals surface area contributed by atoms with Gasteiger partial charge in [0, 0.05) is 12.1 Å². The van der Waals surface area contributed by atoms with E-state index in [0.29, 0.717) is 5.75 Å². The van der Waals surface area contributed by atoms with E-state index in [1.54, 1.807) is 12.1 Å². The van der Waals surface area contributed by atoms with Gasteiger partial charge in [0.15, 0.2) is 0 Å². The summed E-state index contributed by atoms with van der Waals surface area (Å²) in [5.41, 5.74) is 6.82. The normalized spacial score (nSPS) is 18.7. The summed E-state index contributed by atoms with van der Waals surface area (Å²) >= 11 is 0. The average molecular weight is 326 g/mol. The number of nitrogens with one attached hydrogen (secondary N) is 1. The van der Waals surface area contributed by atoms with Crippen LogP contribution in [-0.4, -0.2) is 27.6 Å². The summed E-state index contributed by atoms with van der Waals surface area (Å²) in [6, 6.07) is 5.12. The Kier molecular flexibility index (Phi) is 5.47. The molecular weight excluding hydrogens is 300 g/mol. The molecule has 124 valence electrons. The third-order valence-corrected chi connectivity index (χ3v) is 5.74. The molecule has 1 saturated carbocycles. The molecule has 1 aromatic carbocycles. The van der Waals surface area contributed by atoms with Crippen LogP contribution in [0.1, 0.15) is 44.1 Å². The lowest BCUT2D eigenvalue weighted by atomic mass is 9.92. The highest BCUT2D eigenvalue weighted by molar-refractivity contribution is 7.89. The van der Waals surface area contributed by atoms with Gasteiger partial charge in [0.05, 0.1) is 7.11 Å². The highest BCUT2D eigenvalue weighted by Gasteiger charge is 2.29. The second-order valence-electron chi connectivity index (χ2n) is 6.26. The minimum Gasteiger partial charge on any atom is -0.495 e. The molecule has 1 aromatic rings. The van der Waals surface area contributed by atoms with Crippen molar-refractivity contribution in [3.8, 4) is 5.75 Å². The van der Waals surface area contributed by atoms with Crippen LogP contribution >= 0.6 is 0 Å². The van der Waals surface area contributed by atoms with Crippen LogP contribution in [0.15, 0.2) is 23.1 Å². The fraction of sp³-hybridized carbons (Fsp3) is 0.625. The summed E-state index contributed by atoms with van der Waals surface area (Å²) in [5.74, 6) is 0.352. The molecule has 1 aliphatic carbocycles. The monoisotopic (exact) mass is 326 g/mol. The summed E-state index contributed by atoms with van der Waals surface area (Å²) in [7, 11) is -2.16. The molecule has 6 heteroatoms. The second kappa shape index (κ2) is 6.98. The third kappa shape index (κ3) is 4.21. The molecule has 0 radical (unpaired) electrons. The van der Waals surface area contributed by atoms with Crippen molar-refractivity contribution in [1.29, 1.82) is 0 Å². The maximum atomic E-state index is 12.6. The fourth-order valence-electron chi connectivity index (χ4n) is 2.92. The lowest BCUT2D eigenvalue weighted by molar-refractivity contribution is 0.368. The predicted octanol–water partition coefficient (Wildman–Crippen LogP) is 2.33. The van der Waals surface area contributed by atoms with E-state index in [0.717, 1.165) is 31.2 Å². The Morgan fingerprint density at radius 2 is 1.86 bits per heavy atom. The van der Waals surface area contributed by atoms with Crippen LogP contribution in [0.3, 0.4) is 0 Å². The van der Waals surface area contributed by atoms with E-state index < -0.39 is 15.6 Å². The zero-order valence-electron chi connectivity index (χ0n) is 13.4. The lowest BCUT2D eigenvalue weighted by Crippen LogP contribution is -2.49. The molecule has 0 bridgehead atoms. The molecule has 1 aliphatic rings. The van der Waals surface area contributed by atoms with E-state index in [9.17, 15) is 8.42 Å². The predicted molar refractivity (Wildman–Crippen MR) is 87.5 cm³/mol. The molecule has 5 nitrogen and oxygen atoms in total. The van der Waals surface area contributed by atoms with E-state index >= 15 is 0 Å². The molecule has 1 fully saturated rings. The maximum absolute atomic E-state index is 12.6. The molecule has 0 unspecified atom stereocenters. The molecule has 3 N–H and O–H groups in total. The van der Waals surface area contributed by atoms with Gasteiger partial charge in [-0.3, -0.25) is 0 Å². The first-order chi connectivity index (χ1) is 10.4. The van der Waals surface area contributed by atoms with Gasteiger partial charge < -0.3 is 10.5 Å². The Hall–Kier alpha value is -1.11. The van der Waals surface area contributed by atoms with Crippen molar-refractivity contribution < 1.29 is 13.2 Å². The summed E-state index contributed by atoms with van der Waals surface area (Å²) in [5, 5.41) is 0. The first-order valence-corrected chi connectivity index (χ1v) is 9.28. The lowest BCUT2D eigenvalue weighted by Gasteiger charge is -2.28. The first kappa shape index (κ1) is 17.2. The number of methoxy groups -OCH3 is 1. The van der Waals surface area contributed by atoms with Gasteiger partial charge in [-0.25, -0.2) is 13.1 Å². The van der Waals surface area contributed by atoms with Gasteiger partial charge in [-0.2, -0.15) is 0 Å². The van der Waals surface area contributed by atoms with Gasteiger partial charge >= 0.3 is 0 Å². The highest BCUT2D eigenvalue weighted by atomic mass is 32.2. The number of nitrogens with two attached hydrogens (primary N) is 1. The van der Waals surface area contributed by atoms with Crippen molar-refractivity contribution in [2.75, 3.05) is 13.7 Å². The van der Waals surface area contributed by atoms with Crippen molar-refractivity contribution in [1.82, 2.24) is 4.72 Å². The molecular formula is C16H26N2O3S. The summed E-state index contributed by atoms with van der Waals surface area (Å²) in [6.45, 7) is 2.13. The van der Waals surface area contributed by atoms with Gasteiger partial charge in [-0.1, -0.05) is 31.7 Å². The van der Waals surface area contributed by atoms with Crippen LogP contribution < -0.4 is 15.2 Å². The SMILES string of the molecule is COc1ccc(C)cc1S(=O)(=O)NCC1(N)CCCCCC1. The van der Waals surface area contributed by atoms with Crippen molar-refractivity contribution in [2.45, 2.75) is 55.9 Å². The second-order valence-corrected chi connectivity index (χ2v) is 7.99. The Labute approximate surface area is 133 Å². The number of aryl methyl sites for hydroxylation is 1.